The van der Waals surface area contributed by atoms with Gasteiger partial charge >= 0.3 is 0 Å². The van der Waals surface area contributed by atoms with Crippen LogP contribution in [0.15, 0.2) is 42.5 Å². The molecule has 0 unspecified atom stereocenters. The molecule has 2 N–H and O–H groups in total. The van der Waals surface area contributed by atoms with Gasteiger partial charge in [0, 0.05) is 17.8 Å². The Morgan fingerprint density at radius 3 is 2.84 bits per heavy atom. The third-order valence-corrected chi connectivity index (χ3v) is 3.32. The zero-order valence-electron chi connectivity index (χ0n) is 10.3. The van der Waals surface area contributed by atoms with Gasteiger partial charge in [-0.25, -0.2) is 4.39 Å². The molecule has 0 saturated carbocycles. The zero-order valence-corrected chi connectivity index (χ0v) is 10.3. The van der Waals surface area contributed by atoms with Gasteiger partial charge in [0.1, 0.15) is 5.82 Å². The van der Waals surface area contributed by atoms with Gasteiger partial charge < -0.3 is 10.6 Å². The molecule has 2 aromatic carbocycles. The smallest absolute Gasteiger partial charge is 0.258 e. The highest BCUT2D eigenvalue weighted by atomic mass is 19.1. The summed E-state index contributed by atoms with van der Waals surface area (Å²) in [7, 11) is 0. The van der Waals surface area contributed by atoms with Crippen LogP contribution in [0.1, 0.15) is 15.9 Å². The number of amides is 1. The minimum absolute atomic E-state index is 0.142. The molecule has 3 rings (SSSR count). The molecule has 0 radical (unpaired) electrons. The summed E-state index contributed by atoms with van der Waals surface area (Å²) in [6.45, 7) is 0.576. The Morgan fingerprint density at radius 2 is 2.05 bits per heavy atom. The average Bonchev–Trinajstić information content (AvgIpc) is 2.80. The first kappa shape index (κ1) is 11.7. The van der Waals surface area contributed by atoms with Gasteiger partial charge in [-0.2, -0.15) is 0 Å². The Bertz CT molecular complexity index is 654. The van der Waals surface area contributed by atoms with E-state index >= 15 is 0 Å². The summed E-state index contributed by atoms with van der Waals surface area (Å²) in [5, 5.41) is 0. The maximum Gasteiger partial charge on any atom is 0.258 e. The van der Waals surface area contributed by atoms with E-state index < -0.39 is 0 Å². The summed E-state index contributed by atoms with van der Waals surface area (Å²) in [5.41, 5.74) is 8.41. The zero-order chi connectivity index (χ0) is 13.4. The quantitative estimate of drug-likeness (QED) is 0.797. The maximum absolute atomic E-state index is 13.3. The van der Waals surface area contributed by atoms with Crippen LogP contribution in [0.5, 0.6) is 0 Å². The molecule has 0 fully saturated rings. The Hall–Kier alpha value is -2.36. The van der Waals surface area contributed by atoms with Crippen LogP contribution in [0.25, 0.3) is 0 Å². The molecular formula is C15H13FN2O. The first-order valence-corrected chi connectivity index (χ1v) is 6.11. The van der Waals surface area contributed by atoms with E-state index in [1.165, 1.54) is 12.1 Å². The van der Waals surface area contributed by atoms with Crippen molar-refractivity contribution in [1.29, 1.82) is 0 Å². The normalized spacial score (nSPS) is 13.4. The van der Waals surface area contributed by atoms with E-state index in [0.29, 0.717) is 23.5 Å². The molecule has 1 aliphatic rings. The summed E-state index contributed by atoms with van der Waals surface area (Å²) in [6.07, 6.45) is 0.754. The van der Waals surface area contributed by atoms with Gasteiger partial charge in [-0.1, -0.05) is 12.1 Å². The molecule has 1 heterocycles. The number of carbonyl (C=O) groups is 1. The molecule has 4 heteroatoms. The van der Waals surface area contributed by atoms with Crippen molar-refractivity contribution < 1.29 is 9.18 Å². The van der Waals surface area contributed by atoms with Gasteiger partial charge in [-0.05, 0) is 42.3 Å². The van der Waals surface area contributed by atoms with Crippen molar-refractivity contribution in [1.82, 2.24) is 0 Å². The monoisotopic (exact) mass is 256 g/mol. The van der Waals surface area contributed by atoms with Crippen LogP contribution in [-0.4, -0.2) is 12.5 Å². The number of nitrogens with two attached hydrogens (primary N) is 1. The summed E-state index contributed by atoms with van der Waals surface area (Å²) in [5.74, 6) is -0.470. The van der Waals surface area contributed by atoms with Crippen molar-refractivity contribution in [3.63, 3.8) is 0 Å². The Kier molecular flexibility index (Phi) is 2.71. The average molecular weight is 256 g/mol. The van der Waals surface area contributed by atoms with E-state index in [1.54, 1.807) is 35.2 Å². The first-order chi connectivity index (χ1) is 9.15. The molecule has 96 valence electrons. The SMILES string of the molecule is Nc1cccc(C(=O)N2CCc3ccc(F)cc32)c1. The van der Waals surface area contributed by atoms with E-state index in [9.17, 15) is 9.18 Å². The number of nitrogen functional groups attached to an aromatic ring is 1. The molecule has 0 spiro atoms. The fraction of sp³-hybridized carbons (Fsp3) is 0.133. The molecule has 0 aliphatic carbocycles. The van der Waals surface area contributed by atoms with Gasteiger partial charge in [0.05, 0.1) is 5.69 Å². The number of hydrogen-bond acceptors (Lipinski definition) is 2. The first-order valence-electron chi connectivity index (χ1n) is 6.11. The standard InChI is InChI=1S/C15H13FN2O/c16-12-5-4-10-6-7-18(14(10)9-12)15(19)11-2-1-3-13(17)8-11/h1-5,8-9H,6-7,17H2. The predicted molar refractivity (Wildman–Crippen MR) is 72.6 cm³/mol. The van der Waals surface area contributed by atoms with E-state index in [2.05, 4.69) is 0 Å². The Balaban J connectivity index is 1.97. The molecule has 1 amide bonds. The summed E-state index contributed by atoms with van der Waals surface area (Å²) in [4.78, 5) is 14.0. The van der Waals surface area contributed by atoms with Crippen molar-refractivity contribution in [2.45, 2.75) is 6.42 Å². The maximum atomic E-state index is 13.3. The third-order valence-electron chi connectivity index (χ3n) is 3.32. The summed E-state index contributed by atoms with van der Waals surface area (Å²) >= 11 is 0. The molecular weight excluding hydrogens is 243 g/mol. The summed E-state index contributed by atoms with van der Waals surface area (Å²) in [6, 6.07) is 11.4. The van der Waals surface area contributed by atoms with E-state index in [4.69, 9.17) is 5.73 Å². The van der Waals surface area contributed by atoms with Crippen LogP contribution in [0, 0.1) is 5.82 Å². The van der Waals surface area contributed by atoms with Crippen LogP contribution >= 0.6 is 0 Å². The van der Waals surface area contributed by atoms with E-state index in [-0.39, 0.29) is 11.7 Å². The van der Waals surface area contributed by atoms with Crippen molar-refractivity contribution in [3.8, 4) is 0 Å². The molecule has 1 aliphatic heterocycles. The lowest BCUT2D eigenvalue weighted by atomic mass is 10.1. The van der Waals surface area contributed by atoms with Gasteiger partial charge in [-0.15, -0.1) is 0 Å². The fourth-order valence-electron chi connectivity index (χ4n) is 2.39. The van der Waals surface area contributed by atoms with E-state index in [1.807, 2.05) is 0 Å². The van der Waals surface area contributed by atoms with Crippen molar-refractivity contribution >= 4 is 17.3 Å². The minimum atomic E-state index is -0.328. The highest BCUT2D eigenvalue weighted by Crippen LogP contribution is 2.30. The number of halogens is 1. The van der Waals surface area contributed by atoms with Crippen molar-refractivity contribution in [3.05, 3.63) is 59.4 Å². The Labute approximate surface area is 110 Å². The summed E-state index contributed by atoms with van der Waals surface area (Å²) < 4.78 is 13.3. The molecule has 0 saturated heterocycles. The number of anilines is 2. The van der Waals surface area contributed by atoms with Crippen LogP contribution in [-0.2, 0) is 6.42 Å². The second-order valence-corrected chi connectivity index (χ2v) is 4.61. The third kappa shape index (κ3) is 2.05. The van der Waals surface area contributed by atoms with Crippen LogP contribution in [0.4, 0.5) is 15.8 Å². The van der Waals surface area contributed by atoms with Gasteiger partial charge in [-0.3, -0.25) is 4.79 Å². The lowest BCUT2D eigenvalue weighted by Crippen LogP contribution is -2.28. The topological polar surface area (TPSA) is 46.3 Å². The number of nitrogens with zero attached hydrogens (tertiary/aromatic N) is 1. The highest BCUT2D eigenvalue weighted by Gasteiger charge is 2.25. The molecule has 19 heavy (non-hydrogen) atoms. The van der Waals surface area contributed by atoms with Crippen molar-refractivity contribution in [2.24, 2.45) is 0 Å². The van der Waals surface area contributed by atoms with Gasteiger partial charge in [0.15, 0.2) is 0 Å². The van der Waals surface area contributed by atoms with Crippen molar-refractivity contribution in [2.75, 3.05) is 17.2 Å². The predicted octanol–water partition coefficient (Wildman–Crippen LogP) is 2.61. The molecule has 2 aromatic rings. The molecule has 0 bridgehead atoms. The Morgan fingerprint density at radius 1 is 1.21 bits per heavy atom. The highest BCUT2D eigenvalue weighted by molar-refractivity contribution is 6.07. The number of fused-ring (bicyclic) bond motifs is 1. The minimum Gasteiger partial charge on any atom is -0.399 e. The molecule has 0 atom stereocenters. The lowest BCUT2D eigenvalue weighted by molar-refractivity contribution is 0.0989. The van der Waals surface area contributed by atoms with Crippen LogP contribution < -0.4 is 10.6 Å². The number of carbonyl (C=O) groups excluding carboxylic acids is 1. The van der Waals surface area contributed by atoms with Gasteiger partial charge in [0.2, 0.25) is 0 Å². The van der Waals surface area contributed by atoms with Crippen LogP contribution in [0.2, 0.25) is 0 Å². The van der Waals surface area contributed by atoms with Gasteiger partial charge in [0.25, 0.3) is 5.91 Å². The number of rotatable bonds is 1. The molecule has 0 aromatic heterocycles. The number of hydrogen-bond donors (Lipinski definition) is 1. The fourth-order valence-corrected chi connectivity index (χ4v) is 2.39. The second-order valence-electron chi connectivity index (χ2n) is 4.61. The van der Waals surface area contributed by atoms with E-state index in [0.717, 1.165) is 12.0 Å². The largest absolute Gasteiger partial charge is 0.399 e. The number of benzene rings is 2. The second kappa shape index (κ2) is 4.39. The molecule has 3 nitrogen and oxygen atoms in total. The lowest BCUT2D eigenvalue weighted by Gasteiger charge is -2.17. The van der Waals surface area contributed by atoms with Crippen LogP contribution in [0.3, 0.4) is 0 Å².